The van der Waals surface area contributed by atoms with Crippen molar-refractivity contribution in [1.29, 1.82) is 0 Å². The topological polar surface area (TPSA) is 63.1 Å². The van der Waals surface area contributed by atoms with Crippen LogP contribution in [0.3, 0.4) is 0 Å². The fourth-order valence-electron chi connectivity index (χ4n) is 7.45. The number of benzene rings is 4. The maximum atomic E-state index is 12.2. The number of allylic oxidation sites excluding steroid dienone is 2. The molecule has 4 nitrogen and oxygen atoms in total. The van der Waals surface area contributed by atoms with Crippen LogP contribution in [0.15, 0.2) is 84.8 Å². The average Bonchev–Trinajstić information content (AvgIpc) is 3.15. The minimum Gasteiger partial charge on any atom is -0.512 e. The van der Waals surface area contributed by atoms with Crippen molar-refractivity contribution in [3.8, 4) is 11.3 Å². The van der Waals surface area contributed by atoms with Crippen LogP contribution in [0.25, 0.3) is 54.5 Å². The van der Waals surface area contributed by atoms with Crippen LogP contribution in [0.2, 0.25) is 13.1 Å². The van der Waals surface area contributed by atoms with Gasteiger partial charge >= 0.3 is 0 Å². The summed E-state index contributed by atoms with van der Waals surface area (Å²) >= 11 is 0. The number of hydrogen-bond donors (Lipinski definition) is 1. The van der Waals surface area contributed by atoms with E-state index in [1.165, 1.54) is 54.5 Å². The molecule has 273 valence electrons. The second kappa shape index (κ2) is 15.0. The largest absolute Gasteiger partial charge is 0.512 e. The van der Waals surface area contributed by atoms with Crippen LogP contribution in [-0.2, 0) is 24.9 Å². The molecule has 6 heteroatoms. The van der Waals surface area contributed by atoms with Crippen molar-refractivity contribution in [2.45, 2.75) is 100 Å². The number of aliphatic hydroxyl groups excluding tert-OH is 1. The molecule has 0 bridgehead atoms. The molecule has 1 aliphatic heterocycles. The van der Waals surface area contributed by atoms with Crippen molar-refractivity contribution in [1.82, 2.24) is 9.97 Å². The smallest absolute Gasteiger partial charge is 0.164 e. The molecule has 0 unspecified atom stereocenters. The van der Waals surface area contributed by atoms with E-state index < -0.39 is 8.07 Å². The summed E-state index contributed by atoms with van der Waals surface area (Å²) in [5.41, 5.74) is 3.93. The Balaban J connectivity index is 0.000000250. The molecular formula is C46H53IrN2O2Si-. The number of fused-ring (bicyclic) bond motifs is 7. The first-order valence-corrected chi connectivity index (χ1v) is 21.8. The van der Waals surface area contributed by atoms with Gasteiger partial charge in [0, 0.05) is 48.9 Å². The number of aliphatic hydroxyl groups is 1. The van der Waals surface area contributed by atoms with Crippen LogP contribution in [0.4, 0.5) is 0 Å². The van der Waals surface area contributed by atoms with Crippen molar-refractivity contribution < 1.29 is 30.0 Å². The number of carbonyl (C=O) groups excluding carboxylic acids is 1. The Labute approximate surface area is 324 Å². The monoisotopic (exact) mass is 886 g/mol. The van der Waals surface area contributed by atoms with Gasteiger partial charge in [0.2, 0.25) is 0 Å². The first-order valence-electron chi connectivity index (χ1n) is 18.8. The molecule has 0 amide bonds. The van der Waals surface area contributed by atoms with E-state index >= 15 is 0 Å². The molecule has 0 atom stereocenters. The van der Waals surface area contributed by atoms with Crippen LogP contribution in [0.1, 0.15) is 92.6 Å². The third-order valence-electron chi connectivity index (χ3n) is 12.3. The summed E-state index contributed by atoms with van der Waals surface area (Å²) in [6.45, 7) is 21.5. The van der Waals surface area contributed by atoms with Gasteiger partial charge in [-0.15, -0.1) is 12.1 Å². The number of carbonyl (C=O) groups is 1. The van der Waals surface area contributed by atoms with Gasteiger partial charge in [0.25, 0.3) is 0 Å². The number of hydrogen-bond acceptors (Lipinski definition) is 4. The molecule has 0 saturated carbocycles. The Morgan fingerprint density at radius 1 is 0.846 bits per heavy atom. The van der Waals surface area contributed by atoms with Crippen molar-refractivity contribution in [3.05, 3.63) is 96.4 Å². The van der Waals surface area contributed by atoms with Gasteiger partial charge in [0.1, 0.15) is 5.76 Å². The number of para-hydroxylation sites is 1. The predicted octanol–water partition coefficient (Wildman–Crippen LogP) is 11.5. The number of rotatable bonds is 8. The van der Waals surface area contributed by atoms with Crippen LogP contribution >= 0.6 is 0 Å². The molecule has 4 aromatic carbocycles. The van der Waals surface area contributed by atoms with Crippen LogP contribution in [0, 0.1) is 16.9 Å². The van der Waals surface area contributed by atoms with E-state index in [0.29, 0.717) is 5.92 Å². The van der Waals surface area contributed by atoms with Crippen LogP contribution in [-0.4, -0.2) is 28.9 Å². The van der Waals surface area contributed by atoms with Gasteiger partial charge in [-0.3, -0.25) is 9.78 Å². The van der Waals surface area contributed by atoms with E-state index in [-0.39, 0.29) is 42.5 Å². The van der Waals surface area contributed by atoms with Gasteiger partial charge in [0.15, 0.2) is 5.78 Å². The first kappa shape index (κ1) is 39.5. The molecular weight excluding hydrogens is 833 g/mol. The summed E-state index contributed by atoms with van der Waals surface area (Å²) < 4.78 is 0. The second-order valence-electron chi connectivity index (χ2n) is 15.8. The molecule has 1 N–H and O–H groups in total. The molecule has 0 fully saturated rings. The van der Waals surface area contributed by atoms with E-state index in [9.17, 15) is 9.90 Å². The molecule has 7 rings (SSSR count). The minimum atomic E-state index is -2.10. The molecule has 52 heavy (non-hydrogen) atoms. The van der Waals surface area contributed by atoms with Crippen molar-refractivity contribution in [2.24, 2.45) is 10.8 Å². The van der Waals surface area contributed by atoms with Gasteiger partial charge < -0.3 is 10.1 Å². The SMILES string of the molecule is CC(C)c1ccc2ccc3c4ccnc5c4c(cc3c2c1)[Si](C)(C)c1nc2ccccc2[c-]c1-5.CCC(C)(CC)C(=O)/C=C(\O)C(C)(CC)CC.[Ir]. The van der Waals surface area contributed by atoms with Crippen LogP contribution in [0.5, 0.6) is 0 Å². The molecule has 1 aliphatic rings. The maximum Gasteiger partial charge on any atom is 0.164 e. The zero-order valence-corrected chi connectivity index (χ0v) is 35.9. The molecule has 3 heterocycles. The van der Waals surface area contributed by atoms with Gasteiger partial charge in [-0.25, -0.2) is 0 Å². The van der Waals surface area contributed by atoms with Gasteiger partial charge in [-0.05, 0) is 86.4 Å². The quantitative estimate of drug-likeness (QED) is 0.0544. The molecule has 1 radical (unpaired) electrons. The zero-order chi connectivity index (χ0) is 36.9. The van der Waals surface area contributed by atoms with Gasteiger partial charge in [0.05, 0.1) is 8.07 Å². The standard InChI is InChI=1S/C31H25N2Si.C15H28O2.Ir/c1-18(2)20-10-9-19-11-12-22-23-13-14-32-30-26-16-21-7-5-6-8-27(21)33-31(26)34(3,4)28(29(23)30)17-25(22)24(19)15-20;1-7-14(5,8-2)12(16)11-13(17)15(6,9-3)10-4;/h5-15,17-18H,1-4H3;11,16H,7-10H2,1-6H3;/q-1;;/b;12-11-;. The summed E-state index contributed by atoms with van der Waals surface area (Å²) in [5.74, 6) is 0.786. The molecule has 0 aliphatic carbocycles. The Kier molecular flexibility index (Phi) is 11.4. The zero-order valence-electron chi connectivity index (χ0n) is 32.5. The molecule has 0 saturated heterocycles. The van der Waals surface area contributed by atoms with Gasteiger partial charge in [-0.2, -0.15) is 0 Å². The van der Waals surface area contributed by atoms with E-state index in [1.54, 1.807) is 0 Å². The van der Waals surface area contributed by atoms with Crippen molar-refractivity contribution >= 4 is 67.6 Å². The summed E-state index contributed by atoms with van der Waals surface area (Å²) in [7, 11) is -2.10. The van der Waals surface area contributed by atoms with E-state index in [4.69, 9.17) is 9.97 Å². The predicted molar refractivity (Wildman–Crippen MR) is 220 cm³/mol. The third-order valence-corrected chi connectivity index (χ3v) is 15.6. The van der Waals surface area contributed by atoms with Gasteiger partial charge in [-0.1, -0.05) is 139 Å². The second-order valence-corrected chi connectivity index (χ2v) is 20.1. The number of aromatic nitrogens is 2. The summed E-state index contributed by atoms with van der Waals surface area (Å²) in [5, 5.41) is 21.7. The minimum absolute atomic E-state index is 0. The Bertz CT molecular complexity index is 2330. The van der Waals surface area contributed by atoms with Crippen molar-refractivity contribution in [3.63, 3.8) is 0 Å². The average molecular weight is 886 g/mol. The number of nitrogens with zero attached hydrogens (tertiary/aromatic N) is 2. The number of ketones is 1. The summed E-state index contributed by atoms with van der Waals surface area (Å²) in [6.07, 6.45) is 6.71. The van der Waals surface area contributed by atoms with Crippen molar-refractivity contribution in [2.75, 3.05) is 0 Å². The Hall–Kier alpha value is -3.70. The molecule has 6 aromatic rings. The fourth-order valence-corrected chi connectivity index (χ4v) is 10.3. The van der Waals surface area contributed by atoms with E-state index in [0.717, 1.165) is 47.8 Å². The maximum absolute atomic E-state index is 12.2. The van der Waals surface area contributed by atoms with Crippen LogP contribution < -0.4 is 10.5 Å². The fraction of sp³-hybridized carbons (Fsp3) is 0.370. The molecule has 2 aromatic heterocycles. The Morgan fingerprint density at radius 3 is 2.15 bits per heavy atom. The van der Waals surface area contributed by atoms with E-state index in [2.05, 4.69) is 99.7 Å². The molecule has 0 spiro atoms. The van der Waals surface area contributed by atoms with E-state index in [1.807, 2.05) is 47.7 Å². The Morgan fingerprint density at radius 2 is 1.50 bits per heavy atom. The summed E-state index contributed by atoms with van der Waals surface area (Å²) in [6, 6.07) is 28.2. The summed E-state index contributed by atoms with van der Waals surface area (Å²) in [4.78, 5) is 22.3. The number of pyridine rings is 2. The normalized spacial score (nSPS) is 13.9. The first-order chi connectivity index (χ1) is 24.2. The third kappa shape index (κ3) is 6.67.